The molecule has 7 nitrogen and oxygen atoms in total. The van der Waals surface area contributed by atoms with Crippen molar-refractivity contribution in [3.8, 4) is 28.5 Å². The molecule has 0 unspecified atom stereocenters. The minimum atomic E-state index is -0.395. The van der Waals surface area contributed by atoms with Crippen molar-refractivity contribution in [2.24, 2.45) is 0 Å². The number of amides is 1. The van der Waals surface area contributed by atoms with Gasteiger partial charge in [0.1, 0.15) is 22.8 Å². The van der Waals surface area contributed by atoms with Crippen LogP contribution in [0.15, 0.2) is 87.7 Å². The number of fused-ring (bicyclic) bond motifs is 1. The van der Waals surface area contributed by atoms with Gasteiger partial charge in [0.05, 0.1) is 7.11 Å². The molecular weight excluding hydrogens is 522 g/mol. The maximum absolute atomic E-state index is 12.4. The van der Waals surface area contributed by atoms with Crippen LogP contribution in [0.3, 0.4) is 0 Å². The van der Waals surface area contributed by atoms with Crippen LogP contribution in [0.4, 0.5) is 5.69 Å². The highest BCUT2D eigenvalue weighted by molar-refractivity contribution is 7.80. The van der Waals surface area contributed by atoms with E-state index in [4.69, 9.17) is 37.4 Å². The number of nitrogens with zero attached hydrogens (tertiary/aromatic N) is 1. The molecule has 0 aliphatic rings. The van der Waals surface area contributed by atoms with Crippen LogP contribution in [0, 0.1) is 6.92 Å². The Labute approximate surface area is 229 Å². The van der Waals surface area contributed by atoms with Gasteiger partial charge in [-0.1, -0.05) is 17.7 Å². The zero-order valence-electron chi connectivity index (χ0n) is 20.4. The van der Waals surface area contributed by atoms with E-state index < -0.39 is 5.91 Å². The van der Waals surface area contributed by atoms with Gasteiger partial charge in [-0.2, -0.15) is 0 Å². The van der Waals surface area contributed by atoms with E-state index in [0.29, 0.717) is 39.3 Å². The maximum Gasteiger partial charge on any atom is 0.250 e. The number of halogens is 1. The Balaban J connectivity index is 1.23. The quantitative estimate of drug-likeness (QED) is 0.172. The summed E-state index contributed by atoms with van der Waals surface area (Å²) in [7, 11) is 1.60. The van der Waals surface area contributed by atoms with Crippen molar-refractivity contribution in [3.63, 3.8) is 0 Å². The number of aromatic nitrogens is 1. The third-order valence-corrected chi connectivity index (χ3v) is 6.17. The Morgan fingerprint density at radius 1 is 1.00 bits per heavy atom. The van der Waals surface area contributed by atoms with Gasteiger partial charge in [0.25, 0.3) is 0 Å². The summed E-state index contributed by atoms with van der Waals surface area (Å²) < 4.78 is 17.0. The van der Waals surface area contributed by atoms with E-state index in [0.717, 1.165) is 22.4 Å². The molecule has 0 fully saturated rings. The number of methoxy groups -OCH3 is 1. The molecule has 5 rings (SSSR count). The molecule has 2 aromatic heterocycles. The van der Waals surface area contributed by atoms with Crippen molar-refractivity contribution in [1.29, 1.82) is 0 Å². The number of hydrogen-bond donors (Lipinski definition) is 2. The normalized spacial score (nSPS) is 11.1. The molecule has 3 aromatic carbocycles. The number of ether oxygens (including phenoxy) is 1. The van der Waals surface area contributed by atoms with Gasteiger partial charge in [0, 0.05) is 34.0 Å². The first-order chi connectivity index (χ1) is 18.4. The summed E-state index contributed by atoms with van der Waals surface area (Å²) in [4.78, 5) is 17.0. The Hall–Kier alpha value is -4.40. The van der Waals surface area contributed by atoms with Crippen molar-refractivity contribution in [2.45, 2.75) is 6.92 Å². The molecule has 38 heavy (non-hydrogen) atoms. The van der Waals surface area contributed by atoms with Crippen LogP contribution < -0.4 is 15.4 Å². The molecule has 0 spiro atoms. The topological polar surface area (TPSA) is 89.5 Å². The molecule has 2 heterocycles. The third kappa shape index (κ3) is 5.77. The fourth-order valence-corrected chi connectivity index (χ4v) is 4.06. The highest BCUT2D eigenvalue weighted by Crippen LogP contribution is 2.30. The molecule has 2 N–H and O–H groups in total. The van der Waals surface area contributed by atoms with Crippen molar-refractivity contribution < 1.29 is 18.4 Å². The van der Waals surface area contributed by atoms with Crippen LogP contribution in [0.1, 0.15) is 11.3 Å². The highest BCUT2D eigenvalue weighted by Gasteiger charge is 2.12. The molecule has 5 aromatic rings. The van der Waals surface area contributed by atoms with Crippen LogP contribution in [-0.2, 0) is 4.79 Å². The number of thiocarbonyl (C=S) groups is 1. The fraction of sp³-hybridized carbons (Fsp3) is 0.0690. The van der Waals surface area contributed by atoms with Crippen molar-refractivity contribution in [2.75, 3.05) is 12.4 Å². The van der Waals surface area contributed by atoms with E-state index >= 15 is 0 Å². The molecule has 0 atom stereocenters. The molecule has 0 aliphatic carbocycles. The average Bonchev–Trinajstić information content (AvgIpc) is 3.56. The molecule has 0 aliphatic heterocycles. The Kier molecular flexibility index (Phi) is 7.26. The molecule has 0 bridgehead atoms. The van der Waals surface area contributed by atoms with Gasteiger partial charge in [-0.15, -0.1) is 0 Å². The van der Waals surface area contributed by atoms with Crippen LogP contribution in [-0.4, -0.2) is 23.1 Å². The zero-order valence-corrected chi connectivity index (χ0v) is 22.0. The van der Waals surface area contributed by atoms with Gasteiger partial charge in [-0.3, -0.25) is 10.1 Å². The number of aryl methyl sites for hydroxylation is 1. The first-order valence-electron chi connectivity index (χ1n) is 11.6. The number of oxazole rings is 1. The third-order valence-electron chi connectivity index (χ3n) is 5.72. The summed E-state index contributed by atoms with van der Waals surface area (Å²) in [5.41, 5.74) is 4.65. The lowest BCUT2D eigenvalue weighted by Crippen LogP contribution is -2.33. The van der Waals surface area contributed by atoms with Gasteiger partial charge in [0.2, 0.25) is 11.8 Å². The molecule has 0 saturated carbocycles. The number of carbonyl (C=O) groups is 1. The SMILES string of the molecule is COc1ccc2oc(-c3ccc(C)c(NC(=S)NC(=O)C=Cc4ccc(-c5ccc(Cl)cc5)o4)c3)nc2c1. The number of rotatable bonds is 6. The lowest BCUT2D eigenvalue weighted by molar-refractivity contribution is -0.115. The maximum atomic E-state index is 12.4. The summed E-state index contributed by atoms with van der Waals surface area (Å²) in [6, 6.07) is 22.1. The smallest absolute Gasteiger partial charge is 0.250 e. The van der Waals surface area contributed by atoms with Gasteiger partial charge in [-0.05, 0) is 91.4 Å². The lowest BCUT2D eigenvalue weighted by Gasteiger charge is -2.11. The van der Waals surface area contributed by atoms with Gasteiger partial charge >= 0.3 is 0 Å². The largest absolute Gasteiger partial charge is 0.497 e. The summed E-state index contributed by atoms with van der Waals surface area (Å²) in [5.74, 6) is 1.97. The number of hydrogen-bond acceptors (Lipinski definition) is 6. The second kappa shape index (κ2) is 10.9. The number of benzene rings is 3. The average molecular weight is 544 g/mol. The number of nitrogens with one attached hydrogen (secondary N) is 2. The first kappa shape index (κ1) is 25.3. The van der Waals surface area contributed by atoms with Crippen LogP contribution in [0.2, 0.25) is 5.02 Å². The molecule has 190 valence electrons. The predicted octanol–water partition coefficient (Wildman–Crippen LogP) is 7.25. The molecule has 1 amide bonds. The summed E-state index contributed by atoms with van der Waals surface area (Å²) in [6.45, 7) is 1.93. The van der Waals surface area contributed by atoms with Crippen molar-refractivity contribution in [3.05, 3.63) is 95.2 Å². The summed E-state index contributed by atoms with van der Waals surface area (Å²) in [5, 5.41) is 6.53. The standard InChI is InChI=1S/C29H22ClN3O4S/c1-17-3-4-19(28-31-24-16-22(35-2)10-13-26(24)37-28)15-23(17)32-29(38)33-27(34)14-11-21-9-12-25(36-21)18-5-7-20(30)8-6-18/h3-16H,1-2H3,(H2,32,33,34,38). The second-order valence-electron chi connectivity index (χ2n) is 8.37. The number of anilines is 1. The molecule has 9 heteroatoms. The van der Waals surface area contributed by atoms with Crippen molar-refractivity contribution in [1.82, 2.24) is 10.3 Å². The van der Waals surface area contributed by atoms with E-state index in [1.807, 2.05) is 61.5 Å². The molecule has 0 radical (unpaired) electrons. The highest BCUT2D eigenvalue weighted by atomic mass is 35.5. The van der Waals surface area contributed by atoms with Gasteiger partial charge < -0.3 is 18.9 Å². The summed E-state index contributed by atoms with van der Waals surface area (Å²) >= 11 is 11.3. The number of carbonyl (C=O) groups excluding carboxylic acids is 1. The monoisotopic (exact) mass is 543 g/mol. The minimum absolute atomic E-state index is 0.156. The summed E-state index contributed by atoms with van der Waals surface area (Å²) in [6.07, 6.45) is 2.93. The predicted molar refractivity (Wildman–Crippen MR) is 153 cm³/mol. The second-order valence-corrected chi connectivity index (χ2v) is 9.21. The first-order valence-corrected chi connectivity index (χ1v) is 12.4. The van der Waals surface area contributed by atoms with E-state index in [2.05, 4.69) is 15.6 Å². The van der Waals surface area contributed by atoms with Crippen LogP contribution in [0.25, 0.3) is 40.0 Å². The van der Waals surface area contributed by atoms with Crippen molar-refractivity contribution >= 4 is 57.7 Å². The van der Waals surface area contributed by atoms with Gasteiger partial charge in [-0.25, -0.2) is 4.98 Å². The van der Waals surface area contributed by atoms with E-state index in [1.165, 1.54) is 6.08 Å². The Morgan fingerprint density at radius 3 is 2.58 bits per heavy atom. The van der Waals surface area contributed by atoms with E-state index in [-0.39, 0.29) is 5.11 Å². The Morgan fingerprint density at radius 2 is 1.79 bits per heavy atom. The fourth-order valence-electron chi connectivity index (χ4n) is 3.72. The minimum Gasteiger partial charge on any atom is -0.497 e. The molecular formula is C29H22ClN3O4S. The van der Waals surface area contributed by atoms with E-state index in [9.17, 15) is 4.79 Å². The van der Waals surface area contributed by atoms with Gasteiger partial charge in [0.15, 0.2) is 10.7 Å². The zero-order chi connectivity index (χ0) is 26.6. The number of furan rings is 1. The van der Waals surface area contributed by atoms with Crippen LogP contribution in [0.5, 0.6) is 5.75 Å². The van der Waals surface area contributed by atoms with Crippen LogP contribution >= 0.6 is 23.8 Å². The molecule has 0 saturated heterocycles. The lowest BCUT2D eigenvalue weighted by atomic mass is 10.1. The van der Waals surface area contributed by atoms with E-state index in [1.54, 1.807) is 31.4 Å². The Bertz CT molecular complexity index is 1670.